The molecule has 7 nitrogen and oxygen atoms in total. The summed E-state index contributed by atoms with van der Waals surface area (Å²) >= 11 is 3.36. The summed E-state index contributed by atoms with van der Waals surface area (Å²) in [5.74, 6) is -1.75. The molecule has 2 aromatic carbocycles. The fourth-order valence-corrected chi connectivity index (χ4v) is 4.20. The van der Waals surface area contributed by atoms with Crippen molar-refractivity contribution < 1.29 is 22.4 Å². The van der Waals surface area contributed by atoms with Crippen LogP contribution in [0.4, 0.5) is 10.1 Å². The number of rotatable bonds is 10. The molecule has 0 saturated heterocycles. The van der Waals surface area contributed by atoms with Gasteiger partial charge in [-0.25, -0.2) is 12.8 Å². The van der Waals surface area contributed by atoms with Crippen molar-refractivity contribution >= 4 is 43.5 Å². The lowest BCUT2D eigenvalue weighted by molar-refractivity contribution is -0.139. The molecule has 10 heteroatoms. The number of amides is 2. The van der Waals surface area contributed by atoms with Crippen LogP contribution in [0.1, 0.15) is 32.8 Å². The van der Waals surface area contributed by atoms with Crippen LogP contribution in [0.25, 0.3) is 0 Å². The number of nitrogens with one attached hydrogen (secondary N) is 1. The number of hydrogen-bond acceptors (Lipinski definition) is 4. The van der Waals surface area contributed by atoms with Crippen LogP contribution >= 0.6 is 15.9 Å². The van der Waals surface area contributed by atoms with E-state index in [-0.39, 0.29) is 24.2 Å². The van der Waals surface area contributed by atoms with Gasteiger partial charge in [0.15, 0.2) is 0 Å². The Balaban J connectivity index is 2.39. The van der Waals surface area contributed by atoms with Crippen molar-refractivity contribution in [1.82, 2.24) is 10.2 Å². The number of hydrogen-bond donors (Lipinski definition) is 1. The molecule has 2 amide bonds. The molecular weight excluding hydrogens is 513 g/mol. The summed E-state index contributed by atoms with van der Waals surface area (Å²) in [7, 11) is -3.98. The zero-order chi connectivity index (χ0) is 24.8. The maximum atomic E-state index is 14.4. The fraction of sp³-hybridized carbons (Fsp3) is 0.391. The highest BCUT2D eigenvalue weighted by atomic mass is 79.9. The lowest BCUT2D eigenvalue weighted by atomic mass is 10.1. The van der Waals surface area contributed by atoms with E-state index in [0.29, 0.717) is 6.42 Å². The highest BCUT2D eigenvalue weighted by Gasteiger charge is 2.31. The average Bonchev–Trinajstić information content (AvgIpc) is 2.76. The second kappa shape index (κ2) is 11.6. The van der Waals surface area contributed by atoms with Gasteiger partial charge in [-0.1, -0.05) is 47.1 Å². The second-order valence-electron chi connectivity index (χ2n) is 7.86. The van der Waals surface area contributed by atoms with Gasteiger partial charge in [-0.15, -0.1) is 0 Å². The molecule has 0 aromatic heterocycles. The van der Waals surface area contributed by atoms with Crippen LogP contribution in [0, 0.1) is 5.82 Å². The van der Waals surface area contributed by atoms with Gasteiger partial charge in [0, 0.05) is 17.1 Å². The summed E-state index contributed by atoms with van der Waals surface area (Å²) in [6, 6.07) is 11.6. The largest absolute Gasteiger partial charge is 0.352 e. The standard InChI is InChI=1S/C23H29BrFN3O4S/c1-5-16(2)26-23(30)17(3)27(14-18-10-12-19(24)13-11-18)22(29)15-28(33(4,31)32)21-9-7-6-8-20(21)25/h6-13,16-17H,5,14-15H2,1-4H3,(H,26,30)/t16-,17-/m0/s1. The quantitative estimate of drug-likeness (QED) is 0.497. The summed E-state index contributed by atoms with van der Waals surface area (Å²) in [6.45, 7) is 4.81. The smallest absolute Gasteiger partial charge is 0.244 e. The molecule has 2 aromatic rings. The van der Waals surface area contributed by atoms with E-state index >= 15 is 0 Å². The van der Waals surface area contributed by atoms with E-state index < -0.39 is 34.3 Å². The van der Waals surface area contributed by atoms with Gasteiger partial charge in [0.05, 0.1) is 11.9 Å². The summed E-state index contributed by atoms with van der Waals surface area (Å²) in [5.41, 5.74) is 0.528. The normalized spacial score (nSPS) is 13.2. The third kappa shape index (κ3) is 7.53. The number of carbonyl (C=O) groups is 2. The Morgan fingerprint density at radius 2 is 1.70 bits per heavy atom. The molecule has 0 aliphatic carbocycles. The van der Waals surface area contributed by atoms with Gasteiger partial charge >= 0.3 is 0 Å². The minimum absolute atomic E-state index is 0.0794. The van der Waals surface area contributed by atoms with Gasteiger partial charge in [0.1, 0.15) is 18.4 Å². The molecule has 0 spiro atoms. The van der Waals surface area contributed by atoms with E-state index in [1.54, 1.807) is 19.1 Å². The molecule has 1 N–H and O–H groups in total. The average molecular weight is 542 g/mol. The van der Waals surface area contributed by atoms with Crippen molar-refractivity contribution in [2.75, 3.05) is 17.1 Å². The van der Waals surface area contributed by atoms with Crippen LogP contribution in [-0.2, 0) is 26.2 Å². The summed E-state index contributed by atoms with van der Waals surface area (Å²) in [5, 5.41) is 2.85. The lowest BCUT2D eigenvalue weighted by Crippen LogP contribution is -2.52. The molecule has 0 fully saturated rings. The first-order valence-corrected chi connectivity index (χ1v) is 13.1. The van der Waals surface area contributed by atoms with Crippen LogP contribution in [-0.4, -0.2) is 50.0 Å². The fourth-order valence-electron chi connectivity index (χ4n) is 3.08. The van der Waals surface area contributed by atoms with Crippen molar-refractivity contribution in [2.45, 2.75) is 45.8 Å². The van der Waals surface area contributed by atoms with E-state index in [0.717, 1.165) is 26.7 Å². The number of sulfonamides is 1. The Hall–Kier alpha value is -2.46. The summed E-state index contributed by atoms with van der Waals surface area (Å²) < 4.78 is 40.8. The number of nitrogens with zero attached hydrogens (tertiary/aromatic N) is 2. The minimum Gasteiger partial charge on any atom is -0.352 e. The van der Waals surface area contributed by atoms with Crippen LogP contribution in [0.2, 0.25) is 0 Å². The van der Waals surface area contributed by atoms with Crippen LogP contribution in [0.3, 0.4) is 0 Å². The maximum Gasteiger partial charge on any atom is 0.244 e. The molecule has 0 unspecified atom stereocenters. The van der Waals surface area contributed by atoms with Gasteiger partial charge in [-0.05, 0) is 50.1 Å². The van der Waals surface area contributed by atoms with Crippen molar-refractivity contribution in [2.24, 2.45) is 0 Å². The topological polar surface area (TPSA) is 86.8 Å². The Kier molecular flexibility index (Phi) is 9.42. The first-order valence-electron chi connectivity index (χ1n) is 10.5. The molecule has 0 saturated carbocycles. The summed E-state index contributed by atoms with van der Waals surface area (Å²) in [6.07, 6.45) is 1.62. The van der Waals surface area contributed by atoms with Crippen LogP contribution in [0.5, 0.6) is 0 Å². The monoisotopic (exact) mass is 541 g/mol. The lowest BCUT2D eigenvalue weighted by Gasteiger charge is -2.32. The Morgan fingerprint density at radius 3 is 2.24 bits per heavy atom. The van der Waals surface area contributed by atoms with Crippen molar-refractivity contribution in [1.29, 1.82) is 0 Å². The zero-order valence-electron chi connectivity index (χ0n) is 19.1. The zero-order valence-corrected chi connectivity index (χ0v) is 21.5. The van der Waals surface area contributed by atoms with E-state index in [4.69, 9.17) is 0 Å². The third-order valence-corrected chi connectivity index (χ3v) is 6.89. The molecule has 180 valence electrons. The molecule has 0 aliphatic rings. The molecule has 2 rings (SSSR count). The third-order valence-electron chi connectivity index (χ3n) is 5.23. The van der Waals surface area contributed by atoms with Crippen LogP contribution in [0.15, 0.2) is 53.0 Å². The van der Waals surface area contributed by atoms with Gasteiger partial charge < -0.3 is 10.2 Å². The SMILES string of the molecule is CC[C@H](C)NC(=O)[C@H](C)N(Cc1ccc(Br)cc1)C(=O)CN(c1ccccc1F)S(C)(=O)=O. The number of carbonyl (C=O) groups excluding carboxylic acids is 2. The molecule has 0 bridgehead atoms. The number of para-hydroxylation sites is 1. The molecule has 0 aliphatic heterocycles. The van der Waals surface area contributed by atoms with Crippen LogP contribution < -0.4 is 9.62 Å². The highest BCUT2D eigenvalue weighted by molar-refractivity contribution is 9.10. The Labute approximate surface area is 203 Å². The number of anilines is 1. The van der Waals surface area contributed by atoms with E-state index in [2.05, 4.69) is 21.2 Å². The van der Waals surface area contributed by atoms with Crippen molar-refractivity contribution in [3.8, 4) is 0 Å². The van der Waals surface area contributed by atoms with Gasteiger partial charge in [-0.2, -0.15) is 0 Å². The Bertz CT molecular complexity index is 1080. The van der Waals surface area contributed by atoms with E-state index in [9.17, 15) is 22.4 Å². The van der Waals surface area contributed by atoms with E-state index in [1.165, 1.54) is 23.1 Å². The minimum atomic E-state index is -3.98. The van der Waals surface area contributed by atoms with Gasteiger partial charge in [-0.3, -0.25) is 13.9 Å². The molecule has 0 heterocycles. The number of halogens is 2. The highest BCUT2D eigenvalue weighted by Crippen LogP contribution is 2.22. The van der Waals surface area contributed by atoms with Gasteiger partial charge in [0.25, 0.3) is 0 Å². The van der Waals surface area contributed by atoms with Gasteiger partial charge in [0.2, 0.25) is 21.8 Å². The predicted octanol–water partition coefficient (Wildman–Crippen LogP) is 3.69. The van der Waals surface area contributed by atoms with E-state index in [1.807, 2.05) is 26.0 Å². The Morgan fingerprint density at radius 1 is 1.09 bits per heavy atom. The maximum absolute atomic E-state index is 14.4. The predicted molar refractivity (Wildman–Crippen MR) is 131 cm³/mol. The molecular formula is C23H29BrFN3O4S. The first-order chi connectivity index (χ1) is 15.4. The second-order valence-corrected chi connectivity index (χ2v) is 10.7. The first kappa shape index (κ1) is 26.8. The molecule has 33 heavy (non-hydrogen) atoms. The number of benzene rings is 2. The van der Waals surface area contributed by atoms with Crippen molar-refractivity contribution in [3.63, 3.8) is 0 Å². The summed E-state index contributed by atoms with van der Waals surface area (Å²) in [4.78, 5) is 27.5. The molecule has 0 radical (unpaired) electrons. The van der Waals surface area contributed by atoms with Crippen molar-refractivity contribution in [3.05, 3.63) is 64.4 Å². The molecule has 2 atom stereocenters.